The van der Waals surface area contributed by atoms with Crippen molar-refractivity contribution in [2.24, 2.45) is 17.1 Å². The first-order valence-electron chi connectivity index (χ1n) is 7.14. The third-order valence-corrected chi connectivity index (χ3v) is 4.54. The number of piperidine rings is 1. The van der Waals surface area contributed by atoms with E-state index in [4.69, 9.17) is 18.0 Å². The molecule has 1 aliphatic heterocycles. The molecule has 0 aromatic heterocycles. The first-order chi connectivity index (χ1) is 8.49. The summed E-state index contributed by atoms with van der Waals surface area (Å²) in [7, 11) is 4.35. The van der Waals surface area contributed by atoms with Gasteiger partial charge < -0.3 is 15.5 Å². The van der Waals surface area contributed by atoms with Crippen LogP contribution in [0, 0.1) is 11.3 Å². The molecule has 1 heterocycles. The van der Waals surface area contributed by atoms with Gasteiger partial charge in [0.15, 0.2) is 0 Å². The van der Waals surface area contributed by atoms with Gasteiger partial charge in [-0.05, 0) is 64.2 Å². The minimum absolute atomic E-state index is 0.459. The van der Waals surface area contributed by atoms with Gasteiger partial charge in [-0.2, -0.15) is 0 Å². The second-order valence-corrected chi connectivity index (χ2v) is 7.15. The normalized spacial score (nSPS) is 24.4. The Hall–Kier alpha value is -0.190. The molecule has 0 aromatic rings. The van der Waals surface area contributed by atoms with Gasteiger partial charge in [-0.1, -0.05) is 12.2 Å². The van der Waals surface area contributed by atoms with Gasteiger partial charge in [-0.3, -0.25) is 0 Å². The van der Waals surface area contributed by atoms with Crippen molar-refractivity contribution >= 4 is 17.2 Å². The summed E-state index contributed by atoms with van der Waals surface area (Å²) >= 11 is 5.07. The summed E-state index contributed by atoms with van der Waals surface area (Å²) in [5.74, 6) is 0.891. The Morgan fingerprint density at radius 2 is 1.94 bits per heavy atom. The van der Waals surface area contributed by atoms with Crippen LogP contribution < -0.4 is 5.73 Å². The Kier molecular flexibility index (Phi) is 4.62. The molecule has 0 spiro atoms. The summed E-state index contributed by atoms with van der Waals surface area (Å²) < 4.78 is 0. The summed E-state index contributed by atoms with van der Waals surface area (Å²) in [6, 6.07) is 0. The molecule has 104 valence electrons. The Morgan fingerprint density at radius 3 is 2.39 bits per heavy atom. The van der Waals surface area contributed by atoms with Crippen LogP contribution in [0.1, 0.15) is 32.1 Å². The lowest BCUT2D eigenvalue weighted by molar-refractivity contribution is 0.140. The maximum absolute atomic E-state index is 5.71. The number of thiocarbonyl (C=S) groups is 1. The van der Waals surface area contributed by atoms with Crippen LogP contribution in [0.5, 0.6) is 0 Å². The molecule has 2 aliphatic rings. The van der Waals surface area contributed by atoms with Crippen molar-refractivity contribution in [3.05, 3.63) is 0 Å². The maximum Gasteiger partial charge on any atom is 0.0733 e. The topological polar surface area (TPSA) is 32.5 Å². The van der Waals surface area contributed by atoms with Crippen molar-refractivity contribution in [1.29, 1.82) is 0 Å². The van der Waals surface area contributed by atoms with Crippen LogP contribution in [0.2, 0.25) is 0 Å². The monoisotopic (exact) mass is 269 g/mol. The van der Waals surface area contributed by atoms with E-state index in [2.05, 4.69) is 23.9 Å². The van der Waals surface area contributed by atoms with Crippen LogP contribution in [-0.4, -0.2) is 55.1 Å². The first-order valence-corrected chi connectivity index (χ1v) is 7.55. The number of nitrogens with two attached hydrogens (primary N) is 1. The third kappa shape index (κ3) is 4.18. The quantitative estimate of drug-likeness (QED) is 0.744. The summed E-state index contributed by atoms with van der Waals surface area (Å²) in [4.78, 5) is 5.66. The largest absolute Gasteiger partial charge is 0.393 e. The molecule has 2 N–H and O–H groups in total. The van der Waals surface area contributed by atoms with Crippen LogP contribution in [0.4, 0.5) is 0 Å². The molecule has 1 saturated heterocycles. The standard InChI is InChI=1S/C14H27N3S/c1-16(2)10-12-3-7-17(8-4-12)11-14(5-6-14)9-13(15)18/h12H,3-11H2,1-2H3,(H2,15,18). The van der Waals surface area contributed by atoms with Gasteiger partial charge in [0.25, 0.3) is 0 Å². The molecule has 0 unspecified atom stereocenters. The number of likely N-dealkylation sites (tertiary alicyclic amines) is 1. The number of nitrogens with zero attached hydrogens (tertiary/aromatic N) is 2. The van der Waals surface area contributed by atoms with Gasteiger partial charge in [0.1, 0.15) is 0 Å². The van der Waals surface area contributed by atoms with Crippen molar-refractivity contribution in [2.45, 2.75) is 32.1 Å². The Bertz CT molecular complexity index is 291. The zero-order valence-electron chi connectivity index (χ0n) is 11.8. The van der Waals surface area contributed by atoms with Gasteiger partial charge in [0.2, 0.25) is 0 Å². The predicted molar refractivity (Wildman–Crippen MR) is 80.8 cm³/mol. The summed E-state index contributed by atoms with van der Waals surface area (Å²) in [6.45, 7) is 4.99. The molecule has 3 nitrogen and oxygen atoms in total. The molecule has 1 saturated carbocycles. The van der Waals surface area contributed by atoms with Gasteiger partial charge in [0.05, 0.1) is 4.99 Å². The number of hydrogen-bond donors (Lipinski definition) is 1. The van der Waals surface area contributed by atoms with Crippen molar-refractivity contribution < 1.29 is 0 Å². The van der Waals surface area contributed by atoms with E-state index in [1.165, 1.54) is 51.9 Å². The lowest BCUT2D eigenvalue weighted by Crippen LogP contribution is -2.40. The van der Waals surface area contributed by atoms with Crippen LogP contribution in [0.25, 0.3) is 0 Å². The van der Waals surface area contributed by atoms with Crippen LogP contribution in [0.15, 0.2) is 0 Å². The van der Waals surface area contributed by atoms with E-state index in [1.807, 2.05) is 0 Å². The molecule has 4 heteroatoms. The number of rotatable bonds is 6. The Labute approximate surface area is 117 Å². The molecule has 0 aromatic carbocycles. The highest BCUT2D eigenvalue weighted by atomic mass is 32.1. The second-order valence-electron chi connectivity index (χ2n) is 6.62. The van der Waals surface area contributed by atoms with Crippen molar-refractivity contribution in [1.82, 2.24) is 9.80 Å². The van der Waals surface area contributed by atoms with E-state index >= 15 is 0 Å². The van der Waals surface area contributed by atoms with Crippen LogP contribution >= 0.6 is 12.2 Å². The molecule has 0 radical (unpaired) electrons. The van der Waals surface area contributed by atoms with Crippen LogP contribution in [0.3, 0.4) is 0 Å². The molecule has 0 amide bonds. The fraction of sp³-hybridized carbons (Fsp3) is 0.929. The smallest absolute Gasteiger partial charge is 0.0733 e. The fourth-order valence-corrected chi connectivity index (χ4v) is 3.56. The molecule has 1 aliphatic carbocycles. The van der Waals surface area contributed by atoms with E-state index in [-0.39, 0.29) is 0 Å². The SMILES string of the molecule is CN(C)CC1CCN(CC2(CC(N)=S)CC2)CC1. The Balaban J connectivity index is 1.72. The first kappa shape index (κ1) is 14.2. The molecular weight excluding hydrogens is 242 g/mol. The minimum atomic E-state index is 0.459. The van der Waals surface area contributed by atoms with E-state index in [0.29, 0.717) is 10.4 Å². The predicted octanol–water partition coefficient (Wildman–Crippen LogP) is 1.72. The Morgan fingerprint density at radius 1 is 1.33 bits per heavy atom. The molecule has 0 bridgehead atoms. The lowest BCUT2D eigenvalue weighted by Gasteiger charge is -2.35. The van der Waals surface area contributed by atoms with Crippen LogP contribution in [-0.2, 0) is 0 Å². The van der Waals surface area contributed by atoms with Gasteiger partial charge in [-0.15, -0.1) is 0 Å². The van der Waals surface area contributed by atoms with Gasteiger partial charge in [0, 0.05) is 19.5 Å². The highest BCUT2D eigenvalue weighted by Gasteiger charge is 2.44. The third-order valence-electron chi connectivity index (χ3n) is 4.40. The highest BCUT2D eigenvalue weighted by Crippen LogP contribution is 2.49. The van der Waals surface area contributed by atoms with Gasteiger partial charge >= 0.3 is 0 Å². The zero-order valence-corrected chi connectivity index (χ0v) is 12.6. The van der Waals surface area contributed by atoms with E-state index in [1.54, 1.807) is 0 Å². The van der Waals surface area contributed by atoms with E-state index in [0.717, 1.165) is 12.3 Å². The van der Waals surface area contributed by atoms with E-state index < -0.39 is 0 Å². The van der Waals surface area contributed by atoms with Crippen molar-refractivity contribution in [2.75, 3.05) is 40.3 Å². The van der Waals surface area contributed by atoms with Crippen molar-refractivity contribution in [3.63, 3.8) is 0 Å². The van der Waals surface area contributed by atoms with Gasteiger partial charge in [-0.25, -0.2) is 0 Å². The molecule has 18 heavy (non-hydrogen) atoms. The zero-order chi connectivity index (χ0) is 13.2. The summed E-state index contributed by atoms with van der Waals surface area (Å²) in [5.41, 5.74) is 6.17. The average Bonchev–Trinajstić information content (AvgIpc) is 2.99. The summed E-state index contributed by atoms with van der Waals surface area (Å²) in [5, 5.41) is 0. The number of hydrogen-bond acceptors (Lipinski definition) is 3. The average molecular weight is 269 g/mol. The minimum Gasteiger partial charge on any atom is -0.393 e. The lowest BCUT2D eigenvalue weighted by atomic mass is 9.94. The van der Waals surface area contributed by atoms with Crippen molar-refractivity contribution in [3.8, 4) is 0 Å². The molecule has 2 fully saturated rings. The molecule has 2 rings (SSSR count). The summed E-state index contributed by atoms with van der Waals surface area (Å²) in [6.07, 6.45) is 6.30. The second kappa shape index (κ2) is 5.85. The molecule has 0 atom stereocenters. The fourth-order valence-electron chi connectivity index (χ4n) is 3.26. The maximum atomic E-state index is 5.71. The molecular formula is C14H27N3S. The van der Waals surface area contributed by atoms with E-state index in [9.17, 15) is 0 Å². The highest BCUT2D eigenvalue weighted by molar-refractivity contribution is 7.80.